The zero-order valence-corrected chi connectivity index (χ0v) is 12.9. The Hall–Kier alpha value is -0.540. The van der Waals surface area contributed by atoms with E-state index in [0.717, 1.165) is 41.0 Å². The van der Waals surface area contributed by atoms with E-state index < -0.39 is 0 Å². The van der Waals surface area contributed by atoms with Crippen LogP contribution in [-0.2, 0) is 0 Å². The Morgan fingerprint density at radius 1 is 1.42 bits per heavy atom. The summed E-state index contributed by atoms with van der Waals surface area (Å²) in [5.74, 6) is 1.61. The van der Waals surface area contributed by atoms with Gasteiger partial charge in [-0.2, -0.15) is 0 Å². The number of rotatable bonds is 1. The lowest BCUT2D eigenvalue weighted by Crippen LogP contribution is -2.45. The van der Waals surface area contributed by atoms with Crippen molar-refractivity contribution < 1.29 is 9.84 Å². The molecule has 3 heteroatoms. The van der Waals surface area contributed by atoms with Crippen LogP contribution in [0.3, 0.4) is 0 Å². The zero-order chi connectivity index (χ0) is 13.5. The first-order chi connectivity index (χ1) is 9.12. The summed E-state index contributed by atoms with van der Waals surface area (Å²) < 4.78 is 7.37. The Bertz CT molecular complexity index is 474. The third-order valence-corrected chi connectivity index (χ3v) is 5.20. The van der Waals surface area contributed by atoms with Crippen molar-refractivity contribution in [2.45, 2.75) is 57.2 Å². The maximum Gasteiger partial charge on any atom is 0.127 e. The van der Waals surface area contributed by atoms with E-state index in [1.165, 1.54) is 19.3 Å². The van der Waals surface area contributed by atoms with Gasteiger partial charge in [-0.15, -0.1) is 0 Å². The quantitative estimate of drug-likeness (QED) is 0.817. The highest BCUT2D eigenvalue weighted by Crippen LogP contribution is 2.48. The fourth-order valence-corrected chi connectivity index (χ4v) is 4.02. The van der Waals surface area contributed by atoms with Crippen LogP contribution in [0.1, 0.15) is 57.1 Å². The molecule has 1 fully saturated rings. The van der Waals surface area contributed by atoms with E-state index in [4.69, 9.17) is 4.74 Å². The van der Waals surface area contributed by atoms with Crippen LogP contribution in [0.25, 0.3) is 0 Å². The third kappa shape index (κ3) is 2.55. The van der Waals surface area contributed by atoms with Crippen LogP contribution in [-0.4, -0.2) is 10.7 Å². The molecule has 1 spiro atoms. The monoisotopic (exact) mass is 324 g/mol. The number of aliphatic hydroxyl groups excluding tert-OH is 1. The molecule has 3 atom stereocenters. The highest BCUT2D eigenvalue weighted by atomic mass is 79.9. The van der Waals surface area contributed by atoms with E-state index in [0.29, 0.717) is 0 Å². The van der Waals surface area contributed by atoms with Crippen LogP contribution in [0, 0.1) is 5.92 Å². The third-order valence-electron chi connectivity index (χ3n) is 4.71. The van der Waals surface area contributed by atoms with Gasteiger partial charge in [0.25, 0.3) is 0 Å². The molecule has 1 aromatic carbocycles. The molecule has 2 nitrogen and oxygen atoms in total. The van der Waals surface area contributed by atoms with Crippen molar-refractivity contribution in [1.29, 1.82) is 0 Å². The smallest absolute Gasteiger partial charge is 0.127 e. The van der Waals surface area contributed by atoms with E-state index >= 15 is 0 Å². The molecule has 0 saturated heterocycles. The minimum Gasteiger partial charge on any atom is -0.487 e. The van der Waals surface area contributed by atoms with Gasteiger partial charge in [-0.3, -0.25) is 0 Å². The predicted molar refractivity (Wildman–Crippen MR) is 79.3 cm³/mol. The van der Waals surface area contributed by atoms with E-state index in [-0.39, 0.29) is 11.7 Å². The Labute approximate surface area is 123 Å². The van der Waals surface area contributed by atoms with Crippen LogP contribution in [0.2, 0.25) is 0 Å². The first-order valence-electron chi connectivity index (χ1n) is 7.28. The lowest BCUT2D eigenvalue weighted by Gasteiger charge is -2.45. The number of halogens is 1. The summed E-state index contributed by atoms with van der Waals surface area (Å²) in [4.78, 5) is 0. The molecule has 0 aromatic heterocycles. The van der Waals surface area contributed by atoms with E-state index in [1.54, 1.807) is 0 Å². The van der Waals surface area contributed by atoms with E-state index in [2.05, 4.69) is 22.9 Å². The lowest BCUT2D eigenvalue weighted by atomic mass is 9.72. The molecule has 2 aliphatic rings. The van der Waals surface area contributed by atoms with Crippen molar-refractivity contribution in [2.75, 3.05) is 0 Å². The molecular weight excluding hydrogens is 304 g/mol. The molecule has 0 amide bonds. The summed E-state index contributed by atoms with van der Waals surface area (Å²) in [6, 6.07) is 5.94. The molecule has 1 N–H and O–H groups in total. The predicted octanol–water partition coefficient (Wildman–Crippen LogP) is 4.60. The molecular formula is C16H21BrO2. The molecule has 3 unspecified atom stereocenters. The zero-order valence-electron chi connectivity index (χ0n) is 11.4. The Morgan fingerprint density at radius 3 is 3.05 bits per heavy atom. The molecule has 19 heavy (non-hydrogen) atoms. The average molecular weight is 325 g/mol. The minimum atomic E-state index is -0.382. The standard InChI is InChI=1S/C16H21BrO2/c1-2-11-4-3-7-16(9-11)10-14(18)13-6-5-12(17)8-15(13)19-16/h5-6,8,11,14,18H,2-4,7,9-10H2,1H3. The van der Waals surface area contributed by atoms with Crippen LogP contribution < -0.4 is 4.74 Å². The van der Waals surface area contributed by atoms with Gasteiger partial charge in [-0.1, -0.05) is 41.8 Å². The largest absolute Gasteiger partial charge is 0.487 e. The lowest BCUT2D eigenvalue weighted by molar-refractivity contribution is -0.0521. The van der Waals surface area contributed by atoms with Gasteiger partial charge in [0.1, 0.15) is 11.4 Å². The Morgan fingerprint density at radius 2 is 2.26 bits per heavy atom. The van der Waals surface area contributed by atoms with Crippen LogP contribution in [0.15, 0.2) is 22.7 Å². The number of hydrogen-bond donors (Lipinski definition) is 1. The van der Waals surface area contributed by atoms with E-state index in [9.17, 15) is 5.11 Å². The van der Waals surface area contributed by atoms with Crippen molar-refractivity contribution in [3.05, 3.63) is 28.2 Å². The van der Waals surface area contributed by atoms with Crippen molar-refractivity contribution in [3.8, 4) is 5.75 Å². The molecule has 1 aromatic rings. The molecule has 0 radical (unpaired) electrons. The summed E-state index contributed by atoms with van der Waals surface area (Å²) in [6.45, 7) is 2.26. The van der Waals surface area contributed by atoms with Gasteiger partial charge in [0.2, 0.25) is 0 Å². The number of ether oxygens (including phenoxy) is 1. The number of benzene rings is 1. The average Bonchev–Trinajstić information content (AvgIpc) is 2.38. The van der Waals surface area contributed by atoms with E-state index in [1.807, 2.05) is 18.2 Å². The summed E-state index contributed by atoms with van der Waals surface area (Å²) in [5, 5.41) is 10.4. The van der Waals surface area contributed by atoms with Gasteiger partial charge in [0, 0.05) is 16.5 Å². The van der Waals surface area contributed by atoms with Crippen LogP contribution in [0.5, 0.6) is 5.75 Å². The number of aliphatic hydroxyl groups is 1. The van der Waals surface area contributed by atoms with Gasteiger partial charge in [-0.25, -0.2) is 0 Å². The Kier molecular flexibility index (Phi) is 3.61. The van der Waals surface area contributed by atoms with Crippen molar-refractivity contribution in [1.82, 2.24) is 0 Å². The maximum absolute atomic E-state index is 10.4. The van der Waals surface area contributed by atoms with Gasteiger partial charge in [0.05, 0.1) is 6.10 Å². The van der Waals surface area contributed by atoms with Crippen molar-refractivity contribution >= 4 is 15.9 Å². The first-order valence-corrected chi connectivity index (χ1v) is 8.08. The van der Waals surface area contributed by atoms with Crippen molar-refractivity contribution in [2.24, 2.45) is 5.92 Å². The normalized spacial score (nSPS) is 33.8. The maximum atomic E-state index is 10.4. The fourth-order valence-electron chi connectivity index (χ4n) is 3.68. The Balaban J connectivity index is 1.90. The molecule has 104 valence electrons. The number of fused-ring (bicyclic) bond motifs is 1. The highest BCUT2D eigenvalue weighted by molar-refractivity contribution is 9.10. The summed E-state index contributed by atoms with van der Waals surface area (Å²) >= 11 is 3.49. The molecule has 1 aliphatic carbocycles. The molecule has 3 rings (SSSR count). The highest BCUT2D eigenvalue weighted by Gasteiger charge is 2.43. The molecule has 0 bridgehead atoms. The SMILES string of the molecule is CCC1CCCC2(C1)CC(O)c1ccc(Br)cc1O2. The molecule has 1 heterocycles. The second-order valence-corrected chi connectivity index (χ2v) is 6.97. The van der Waals surface area contributed by atoms with Crippen LogP contribution >= 0.6 is 15.9 Å². The van der Waals surface area contributed by atoms with Gasteiger partial charge in [0.15, 0.2) is 0 Å². The second kappa shape index (κ2) is 5.10. The number of hydrogen-bond acceptors (Lipinski definition) is 2. The summed E-state index contributed by atoms with van der Waals surface area (Å²) in [7, 11) is 0. The topological polar surface area (TPSA) is 29.5 Å². The summed E-state index contributed by atoms with van der Waals surface area (Å²) in [5.41, 5.74) is 0.805. The molecule has 1 saturated carbocycles. The van der Waals surface area contributed by atoms with Gasteiger partial charge < -0.3 is 9.84 Å². The first kappa shape index (κ1) is 13.4. The molecule has 1 aliphatic heterocycles. The minimum absolute atomic E-state index is 0.133. The van der Waals surface area contributed by atoms with Crippen LogP contribution in [0.4, 0.5) is 0 Å². The second-order valence-electron chi connectivity index (χ2n) is 6.06. The summed E-state index contributed by atoms with van der Waals surface area (Å²) in [6.07, 6.45) is 6.27. The van der Waals surface area contributed by atoms with Gasteiger partial charge >= 0.3 is 0 Å². The van der Waals surface area contributed by atoms with Gasteiger partial charge in [-0.05, 0) is 37.3 Å². The fraction of sp³-hybridized carbons (Fsp3) is 0.625. The van der Waals surface area contributed by atoms with Crippen molar-refractivity contribution in [3.63, 3.8) is 0 Å².